The van der Waals surface area contributed by atoms with Crippen LogP contribution in [0.3, 0.4) is 0 Å². The number of aliphatic hydroxyl groups excluding tert-OH is 1. The summed E-state index contributed by atoms with van der Waals surface area (Å²) in [7, 11) is 1.24. The molecule has 1 amide bonds. The minimum atomic E-state index is -0.998. The summed E-state index contributed by atoms with van der Waals surface area (Å²) in [4.78, 5) is 42.4. The van der Waals surface area contributed by atoms with E-state index in [1.807, 2.05) is 0 Å². The fraction of sp³-hybridized carbons (Fsp3) is 0.217. The highest BCUT2D eigenvalue weighted by Gasteiger charge is 2.48. The molecule has 3 aromatic rings. The number of anilines is 1. The van der Waals surface area contributed by atoms with E-state index in [9.17, 15) is 19.5 Å². The van der Waals surface area contributed by atoms with E-state index in [1.165, 1.54) is 18.1 Å². The zero-order chi connectivity index (χ0) is 24.0. The number of halogens is 1. The van der Waals surface area contributed by atoms with Crippen LogP contribution in [-0.2, 0) is 14.3 Å². The van der Waals surface area contributed by atoms with Crippen molar-refractivity contribution in [1.29, 1.82) is 0 Å². The second kappa shape index (κ2) is 8.25. The number of aromatic amines is 1. The molecule has 2 aromatic heterocycles. The van der Waals surface area contributed by atoms with Crippen molar-refractivity contribution < 1.29 is 28.8 Å². The molecule has 1 aliphatic rings. The first kappa shape index (κ1) is 22.3. The van der Waals surface area contributed by atoms with Crippen LogP contribution in [0.2, 0.25) is 5.02 Å². The molecule has 4 rings (SSSR count). The Balaban J connectivity index is 1.97. The number of H-pyrrole nitrogens is 1. The normalized spacial score (nSPS) is 17.6. The third-order valence-electron chi connectivity index (χ3n) is 5.56. The van der Waals surface area contributed by atoms with Crippen LogP contribution < -0.4 is 4.90 Å². The van der Waals surface area contributed by atoms with Gasteiger partial charge < -0.3 is 19.4 Å². The molecule has 33 heavy (non-hydrogen) atoms. The van der Waals surface area contributed by atoms with Crippen LogP contribution in [0.1, 0.15) is 44.7 Å². The highest BCUT2D eigenvalue weighted by atomic mass is 35.5. The summed E-state index contributed by atoms with van der Waals surface area (Å²) in [5.74, 6) is -2.23. The third kappa shape index (κ3) is 3.60. The van der Waals surface area contributed by atoms with Gasteiger partial charge in [-0.05, 0) is 44.0 Å². The highest BCUT2D eigenvalue weighted by Crippen LogP contribution is 2.43. The molecule has 1 saturated heterocycles. The van der Waals surface area contributed by atoms with E-state index >= 15 is 0 Å². The Bertz CT molecular complexity index is 1320. The number of carbonyl (C=O) groups is 3. The maximum absolute atomic E-state index is 13.2. The molecule has 1 aromatic carbocycles. The van der Waals surface area contributed by atoms with Gasteiger partial charge in [0.05, 0.1) is 18.7 Å². The number of ketones is 1. The van der Waals surface area contributed by atoms with Gasteiger partial charge in [-0.15, -0.1) is 0 Å². The van der Waals surface area contributed by atoms with Crippen molar-refractivity contribution in [3.63, 3.8) is 0 Å². The molecular formula is C23H20ClN3O6. The van der Waals surface area contributed by atoms with Crippen molar-refractivity contribution in [2.75, 3.05) is 12.0 Å². The Morgan fingerprint density at radius 3 is 2.45 bits per heavy atom. The number of carbonyl (C=O) groups excluding carboxylic acids is 3. The molecule has 0 radical (unpaired) electrons. The van der Waals surface area contributed by atoms with Crippen molar-refractivity contribution in [2.24, 2.45) is 0 Å². The van der Waals surface area contributed by atoms with Crippen LogP contribution in [0.15, 0.2) is 40.4 Å². The van der Waals surface area contributed by atoms with Crippen LogP contribution in [0, 0.1) is 20.8 Å². The smallest absolute Gasteiger partial charge is 0.354 e. The Morgan fingerprint density at radius 1 is 1.21 bits per heavy atom. The molecule has 1 aliphatic heterocycles. The Kier molecular flexibility index (Phi) is 5.59. The summed E-state index contributed by atoms with van der Waals surface area (Å²) in [5.41, 5.74) is 1.58. The van der Waals surface area contributed by atoms with Gasteiger partial charge in [0, 0.05) is 22.3 Å². The van der Waals surface area contributed by atoms with Crippen LogP contribution in [-0.4, -0.2) is 40.0 Å². The zero-order valence-corrected chi connectivity index (χ0v) is 19.0. The summed E-state index contributed by atoms with van der Waals surface area (Å²) in [5, 5.41) is 15.7. The maximum atomic E-state index is 13.2. The van der Waals surface area contributed by atoms with Gasteiger partial charge in [0.15, 0.2) is 5.82 Å². The molecule has 1 unspecified atom stereocenters. The minimum Gasteiger partial charge on any atom is -0.507 e. The predicted octanol–water partition coefficient (Wildman–Crippen LogP) is 3.99. The van der Waals surface area contributed by atoms with Crippen molar-refractivity contribution in [3.8, 4) is 0 Å². The summed E-state index contributed by atoms with van der Waals surface area (Å²) < 4.78 is 9.89. The van der Waals surface area contributed by atoms with E-state index in [2.05, 4.69) is 10.1 Å². The number of aryl methyl sites for hydroxylation is 2. The number of esters is 1. The molecule has 3 heterocycles. The molecule has 10 heteroatoms. The van der Waals surface area contributed by atoms with Crippen LogP contribution in [0.25, 0.3) is 5.76 Å². The van der Waals surface area contributed by atoms with Gasteiger partial charge in [0.2, 0.25) is 0 Å². The molecular weight excluding hydrogens is 450 g/mol. The monoisotopic (exact) mass is 469 g/mol. The van der Waals surface area contributed by atoms with Gasteiger partial charge >= 0.3 is 11.9 Å². The summed E-state index contributed by atoms with van der Waals surface area (Å²) >= 11 is 6.03. The number of nitrogens with one attached hydrogen (secondary N) is 1. The molecule has 1 atom stereocenters. The first-order valence-corrected chi connectivity index (χ1v) is 10.3. The quantitative estimate of drug-likeness (QED) is 0.256. The molecule has 1 fully saturated rings. The lowest BCUT2D eigenvalue weighted by Gasteiger charge is -2.23. The number of methoxy groups -OCH3 is 1. The lowest BCUT2D eigenvalue weighted by molar-refractivity contribution is -0.132. The second-order valence-electron chi connectivity index (χ2n) is 7.63. The molecule has 0 saturated carbocycles. The van der Waals surface area contributed by atoms with Gasteiger partial charge in [0.1, 0.15) is 17.2 Å². The van der Waals surface area contributed by atoms with E-state index in [0.717, 1.165) is 0 Å². The number of aliphatic hydroxyl groups is 1. The topological polar surface area (TPSA) is 126 Å². The standard InChI is InChI=1S/C23H20ClN3O6/c1-10-9-15(26-33-10)27-19(13-5-7-14(24)8-6-13)17(21(29)22(27)30)20(28)16-11(2)18(23(31)32-4)25-12(16)3/h5-9,19,25,28H,1-4H3/b20-17+. The number of ether oxygens (including phenoxy) is 1. The lowest BCUT2D eigenvalue weighted by Crippen LogP contribution is -2.29. The molecule has 0 spiro atoms. The third-order valence-corrected chi connectivity index (χ3v) is 5.81. The second-order valence-corrected chi connectivity index (χ2v) is 8.07. The fourth-order valence-corrected chi connectivity index (χ4v) is 4.17. The van der Waals surface area contributed by atoms with E-state index in [-0.39, 0.29) is 22.6 Å². The Hall–Kier alpha value is -3.85. The van der Waals surface area contributed by atoms with Crippen LogP contribution in [0.4, 0.5) is 5.82 Å². The van der Waals surface area contributed by atoms with Gasteiger partial charge in [0.25, 0.3) is 5.78 Å². The van der Waals surface area contributed by atoms with Crippen molar-refractivity contribution in [3.05, 3.63) is 74.8 Å². The summed E-state index contributed by atoms with van der Waals surface area (Å²) in [6.45, 7) is 4.91. The fourth-order valence-electron chi connectivity index (χ4n) is 4.04. The minimum absolute atomic E-state index is 0.131. The first-order valence-electron chi connectivity index (χ1n) is 9.93. The number of benzene rings is 1. The molecule has 2 N–H and O–H groups in total. The number of Topliss-reactive ketones (excluding diaryl/α,β-unsaturated/α-hetero) is 1. The van der Waals surface area contributed by atoms with Crippen molar-refractivity contribution in [1.82, 2.24) is 10.1 Å². The largest absolute Gasteiger partial charge is 0.507 e. The number of hydrogen-bond donors (Lipinski definition) is 2. The number of aromatic nitrogens is 2. The predicted molar refractivity (Wildman–Crippen MR) is 119 cm³/mol. The molecule has 0 aliphatic carbocycles. The highest BCUT2D eigenvalue weighted by molar-refractivity contribution is 6.51. The molecule has 0 bridgehead atoms. The van der Waals surface area contributed by atoms with Gasteiger partial charge in [-0.25, -0.2) is 4.79 Å². The van der Waals surface area contributed by atoms with E-state index < -0.39 is 29.5 Å². The van der Waals surface area contributed by atoms with Crippen molar-refractivity contribution in [2.45, 2.75) is 26.8 Å². The Morgan fingerprint density at radius 2 is 1.88 bits per heavy atom. The SMILES string of the molecule is COC(=O)c1[nH]c(C)c(/C(O)=C2\C(=O)C(=O)N(c3cc(C)on3)C2c2ccc(Cl)cc2)c1C. The molecule has 9 nitrogen and oxygen atoms in total. The summed E-state index contributed by atoms with van der Waals surface area (Å²) in [6.07, 6.45) is 0. The lowest BCUT2D eigenvalue weighted by atomic mass is 9.94. The number of amides is 1. The maximum Gasteiger partial charge on any atom is 0.354 e. The van der Waals surface area contributed by atoms with Gasteiger partial charge in [-0.3, -0.25) is 14.5 Å². The van der Waals surface area contributed by atoms with Gasteiger partial charge in [-0.1, -0.05) is 28.9 Å². The van der Waals surface area contributed by atoms with E-state index in [0.29, 0.717) is 27.6 Å². The number of nitrogens with zero attached hydrogens (tertiary/aromatic N) is 2. The number of rotatable bonds is 4. The average molecular weight is 470 g/mol. The summed E-state index contributed by atoms with van der Waals surface area (Å²) in [6, 6.07) is 7.07. The van der Waals surface area contributed by atoms with Crippen LogP contribution >= 0.6 is 11.6 Å². The van der Waals surface area contributed by atoms with Crippen LogP contribution in [0.5, 0.6) is 0 Å². The first-order chi connectivity index (χ1) is 15.6. The zero-order valence-electron chi connectivity index (χ0n) is 18.2. The number of hydrogen-bond acceptors (Lipinski definition) is 7. The molecule has 170 valence electrons. The average Bonchev–Trinajstić information content (AvgIpc) is 3.42. The Labute approximate surface area is 193 Å². The van der Waals surface area contributed by atoms with E-state index in [1.54, 1.807) is 45.0 Å². The van der Waals surface area contributed by atoms with Crippen molar-refractivity contribution >= 4 is 40.8 Å². The van der Waals surface area contributed by atoms with E-state index in [4.69, 9.17) is 20.9 Å². The van der Waals surface area contributed by atoms with Gasteiger partial charge in [-0.2, -0.15) is 0 Å².